The van der Waals surface area contributed by atoms with Gasteiger partial charge in [0.05, 0.1) is 11.1 Å². The lowest BCUT2D eigenvalue weighted by molar-refractivity contribution is 0.112. The Bertz CT molecular complexity index is 422. The van der Waals surface area contributed by atoms with Crippen molar-refractivity contribution in [3.63, 3.8) is 0 Å². The number of aromatic nitrogens is 3. The normalized spacial score (nSPS) is 10.0. The summed E-state index contributed by atoms with van der Waals surface area (Å²) in [6, 6.07) is 0. The van der Waals surface area contributed by atoms with Gasteiger partial charge in [-0.3, -0.25) is 9.78 Å². The van der Waals surface area contributed by atoms with E-state index >= 15 is 0 Å². The molecular weight excluding hydrogens is 154 g/mol. The van der Waals surface area contributed by atoms with Gasteiger partial charge in [0, 0.05) is 24.0 Å². The van der Waals surface area contributed by atoms with E-state index < -0.39 is 0 Å². The fourth-order valence-corrected chi connectivity index (χ4v) is 1.02. The molecule has 0 spiro atoms. The molecule has 0 N–H and O–H groups in total. The number of fused-ring (bicyclic) bond motifs is 1. The molecule has 0 saturated heterocycles. The van der Waals surface area contributed by atoms with E-state index in [2.05, 4.69) is 15.0 Å². The number of carbonyl (C=O) groups is 1. The Morgan fingerprint density at radius 3 is 2.83 bits per heavy atom. The SMILES string of the molecule is O=Cc1cncc2cncnc12. The van der Waals surface area contributed by atoms with E-state index in [1.807, 2.05) is 0 Å². The summed E-state index contributed by atoms with van der Waals surface area (Å²) >= 11 is 0. The van der Waals surface area contributed by atoms with Crippen molar-refractivity contribution in [1.29, 1.82) is 0 Å². The van der Waals surface area contributed by atoms with Crippen LogP contribution in [0.25, 0.3) is 10.9 Å². The van der Waals surface area contributed by atoms with Crippen molar-refractivity contribution in [3.8, 4) is 0 Å². The van der Waals surface area contributed by atoms with E-state index in [4.69, 9.17) is 0 Å². The Morgan fingerprint density at radius 1 is 1.17 bits per heavy atom. The van der Waals surface area contributed by atoms with Crippen molar-refractivity contribution in [1.82, 2.24) is 15.0 Å². The van der Waals surface area contributed by atoms with Crippen LogP contribution in [0, 0.1) is 0 Å². The molecule has 0 radical (unpaired) electrons. The quantitative estimate of drug-likeness (QED) is 0.578. The molecule has 12 heavy (non-hydrogen) atoms. The Labute approximate surface area is 68.3 Å². The van der Waals surface area contributed by atoms with Gasteiger partial charge in [0.2, 0.25) is 0 Å². The molecule has 58 valence electrons. The molecule has 2 aromatic rings. The Kier molecular flexibility index (Phi) is 1.51. The summed E-state index contributed by atoms with van der Waals surface area (Å²) in [5.41, 5.74) is 1.14. The third-order valence-corrected chi connectivity index (χ3v) is 1.57. The second kappa shape index (κ2) is 2.65. The molecule has 0 amide bonds. The van der Waals surface area contributed by atoms with Gasteiger partial charge in [0.15, 0.2) is 6.29 Å². The van der Waals surface area contributed by atoms with Crippen LogP contribution in [0.1, 0.15) is 10.4 Å². The minimum atomic E-state index is 0.495. The summed E-state index contributed by atoms with van der Waals surface area (Å²) in [5.74, 6) is 0. The number of rotatable bonds is 1. The Hall–Kier alpha value is -1.84. The standard InChI is InChI=1S/C8H5N3O/c12-4-7-3-9-1-6-2-10-5-11-8(6)7/h1-5H. The minimum absolute atomic E-state index is 0.495. The van der Waals surface area contributed by atoms with Gasteiger partial charge in [-0.15, -0.1) is 0 Å². The molecule has 0 aliphatic heterocycles. The first-order chi connectivity index (χ1) is 5.92. The first-order valence-electron chi connectivity index (χ1n) is 3.41. The molecule has 0 fully saturated rings. The second-order valence-corrected chi connectivity index (χ2v) is 2.31. The summed E-state index contributed by atoms with van der Waals surface area (Å²) in [5, 5.41) is 0.780. The summed E-state index contributed by atoms with van der Waals surface area (Å²) in [6.45, 7) is 0. The van der Waals surface area contributed by atoms with Gasteiger partial charge in [-0.1, -0.05) is 0 Å². The summed E-state index contributed by atoms with van der Waals surface area (Å²) in [6.07, 6.45) is 6.89. The third kappa shape index (κ3) is 0.934. The van der Waals surface area contributed by atoms with E-state index in [9.17, 15) is 4.79 Å². The van der Waals surface area contributed by atoms with Crippen LogP contribution >= 0.6 is 0 Å². The fraction of sp³-hybridized carbons (Fsp3) is 0. The van der Waals surface area contributed by atoms with Crippen molar-refractivity contribution >= 4 is 17.2 Å². The molecule has 0 bridgehead atoms. The van der Waals surface area contributed by atoms with Gasteiger partial charge < -0.3 is 0 Å². The zero-order valence-corrected chi connectivity index (χ0v) is 6.14. The van der Waals surface area contributed by atoms with Crippen LogP contribution in [-0.4, -0.2) is 21.2 Å². The first kappa shape index (κ1) is 6.84. The topological polar surface area (TPSA) is 55.7 Å². The average molecular weight is 159 g/mol. The third-order valence-electron chi connectivity index (χ3n) is 1.57. The zero-order valence-electron chi connectivity index (χ0n) is 6.14. The van der Waals surface area contributed by atoms with Crippen LogP contribution in [0.2, 0.25) is 0 Å². The highest BCUT2D eigenvalue weighted by molar-refractivity contribution is 5.93. The predicted molar refractivity (Wildman–Crippen MR) is 42.7 cm³/mol. The van der Waals surface area contributed by atoms with Crippen LogP contribution in [0.4, 0.5) is 0 Å². The number of hydrogen-bond acceptors (Lipinski definition) is 4. The van der Waals surface area contributed by atoms with Gasteiger partial charge in [0.25, 0.3) is 0 Å². The van der Waals surface area contributed by atoms with Crippen LogP contribution in [0.15, 0.2) is 24.9 Å². The second-order valence-electron chi connectivity index (χ2n) is 2.31. The largest absolute Gasteiger partial charge is 0.298 e. The van der Waals surface area contributed by atoms with Crippen molar-refractivity contribution < 1.29 is 4.79 Å². The van der Waals surface area contributed by atoms with Gasteiger partial charge in [0.1, 0.15) is 6.33 Å². The highest BCUT2D eigenvalue weighted by Crippen LogP contribution is 2.10. The number of hydrogen-bond donors (Lipinski definition) is 0. The molecular formula is C8H5N3O. The van der Waals surface area contributed by atoms with Crippen LogP contribution in [0.3, 0.4) is 0 Å². The van der Waals surface area contributed by atoms with Crippen molar-refractivity contribution in [2.75, 3.05) is 0 Å². The highest BCUT2D eigenvalue weighted by Gasteiger charge is 1.99. The number of carbonyl (C=O) groups excluding carboxylic acids is 1. The molecule has 4 heteroatoms. The lowest BCUT2D eigenvalue weighted by Gasteiger charge is -1.95. The van der Waals surface area contributed by atoms with Gasteiger partial charge in [-0.25, -0.2) is 9.97 Å². The van der Waals surface area contributed by atoms with Crippen molar-refractivity contribution in [2.45, 2.75) is 0 Å². The number of nitrogens with zero attached hydrogens (tertiary/aromatic N) is 3. The maximum absolute atomic E-state index is 10.5. The van der Waals surface area contributed by atoms with E-state index in [1.54, 1.807) is 12.4 Å². The average Bonchev–Trinajstić information content (AvgIpc) is 2.17. The summed E-state index contributed by atoms with van der Waals surface area (Å²) in [4.78, 5) is 22.2. The van der Waals surface area contributed by atoms with Gasteiger partial charge >= 0.3 is 0 Å². The molecule has 0 saturated carbocycles. The maximum Gasteiger partial charge on any atom is 0.153 e. The fourth-order valence-electron chi connectivity index (χ4n) is 1.02. The van der Waals surface area contributed by atoms with Crippen molar-refractivity contribution in [2.24, 2.45) is 0 Å². The Morgan fingerprint density at radius 2 is 2.00 bits per heavy atom. The van der Waals surface area contributed by atoms with Crippen LogP contribution in [0.5, 0.6) is 0 Å². The van der Waals surface area contributed by atoms with E-state index in [-0.39, 0.29) is 0 Å². The summed E-state index contributed by atoms with van der Waals surface area (Å²) in [7, 11) is 0. The minimum Gasteiger partial charge on any atom is -0.298 e. The molecule has 0 atom stereocenters. The molecule has 0 unspecified atom stereocenters. The van der Waals surface area contributed by atoms with Crippen LogP contribution in [-0.2, 0) is 0 Å². The van der Waals surface area contributed by atoms with Gasteiger partial charge in [-0.2, -0.15) is 0 Å². The maximum atomic E-state index is 10.5. The molecule has 0 aliphatic rings. The van der Waals surface area contributed by atoms with Gasteiger partial charge in [-0.05, 0) is 0 Å². The van der Waals surface area contributed by atoms with E-state index in [1.165, 1.54) is 12.5 Å². The number of pyridine rings is 1. The molecule has 0 aromatic carbocycles. The number of aldehydes is 1. The molecule has 2 heterocycles. The lowest BCUT2D eigenvalue weighted by atomic mass is 10.2. The smallest absolute Gasteiger partial charge is 0.153 e. The monoisotopic (exact) mass is 159 g/mol. The first-order valence-corrected chi connectivity index (χ1v) is 3.41. The lowest BCUT2D eigenvalue weighted by Crippen LogP contribution is -1.89. The predicted octanol–water partition coefficient (Wildman–Crippen LogP) is 0.837. The summed E-state index contributed by atoms with van der Waals surface area (Å²) < 4.78 is 0. The van der Waals surface area contributed by atoms with E-state index in [0.717, 1.165) is 11.7 Å². The molecule has 4 nitrogen and oxygen atoms in total. The van der Waals surface area contributed by atoms with E-state index in [0.29, 0.717) is 11.1 Å². The highest BCUT2D eigenvalue weighted by atomic mass is 16.1. The molecule has 0 aliphatic carbocycles. The molecule has 2 rings (SSSR count). The zero-order chi connectivity index (χ0) is 8.39. The van der Waals surface area contributed by atoms with Crippen LogP contribution < -0.4 is 0 Å². The van der Waals surface area contributed by atoms with Crippen molar-refractivity contribution in [3.05, 3.63) is 30.5 Å². The molecule has 2 aromatic heterocycles. The Balaban J connectivity index is 2.88.